The van der Waals surface area contributed by atoms with E-state index >= 15 is 0 Å². The van der Waals surface area contributed by atoms with E-state index in [2.05, 4.69) is 5.32 Å². The molecule has 100 valence electrons. The minimum Gasteiger partial charge on any atom is -0.481 e. The molecule has 0 fully saturated rings. The second-order valence-electron chi connectivity index (χ2n) is 4.15. The van der Waals surface area contributed by atoms with Crippen LogP contribution in [0.5, 0.6) is 5.75 Å². The smallest absolute Gasteiger partial charge is 0.260 e. The van der Waals surface area contributed by atoms with E-state index in [9.17, 15) is 4.79 Å². The SMILES string of the molecule is CC(O)CCNC(=O)C(C)Oc1cccc(Cl)c1. The number of carbonyl (C=O) groups is 1. The Morgan fingerprint density at radius 2 is 2.22 bits per heavy atom. The maximum atomic E-state index is 11.7. The lowest BCUT2D eigenvalue weighted by Gasteiger charge is -2.15. The third-order valence-electron chi connectivity index (χ3n) is 2.34. The molecule has 18 heavy (non-hydrogen) atoms. The molecule has 2 atom stereocenters. The first-order valence-electron chi connectivity index (χ1n) is 5.87. The zero-order valence-electron chi connectivity index (χ0n) is 10.5. The largest absolute Gasteiger partial charge is 0.481 e. The monoisotopic (exact) mass is 271 g/mol. The molecule has 0 aliphatic carbocycles. The number of aliphatic hydroxyl groups excluding tert-OH is 1. The van der Waals surface area contributed by atoms with Crippen molar-refractivity contribution in [1.82, 2.24) is 5.32 Å². The molecule has 5 heteroatoms. The van der Waals surface area contributed by atoms with Crippen molar-refractivity contribution in [3.63, 3.8) is 0 Å². The fourth-order valence-electron chi connectivity index (χ4n) is 1.35. The quantitative estimate of drug-likeness (QED) is 0.832. The second kappa shape index (κ2) is 7.24. The number of amides is 1. The van der Waals surface area contributed by atoms with Gasteiger partial charge in [-0.05, 0) is 38.5 Å². The zero-order valence-corrected chi connectivity index (χ0v) is 11.3. The van der Waals surface area contributed by atoms with E-state index in [1.54, 1.807) is 38.1 Å². The zero-order chi connectivity index (χ0) is 13.5. The van der Waals surface area contributed by atoms with Crippen LogP contribution in [0.2, 0.25) is 5.02 Å². The van der Waals surface area contributed by atoms with Crippen molar-refractivity contribution in [2.24, 2.45) is 0 Å². The van der Waals surface area contributed by atoms with Crippen LogP contribution in [0, 0.1) is 0 Å². The summed E-state index contributed by atoms with van der Waals surface area (Å²) in [6.45, 7) is 3.77. The van der Waals surface area contributed by atoms with Gasteiger partial charge in [-0.1, -0.05) is 17.7 Å². The number of aliphatic hydroxyl groups is 1. The molecule has 0 spiro atoms. The van der Waals surface area contributed by atoms with Crippen LogP contribution in [0.4, 0.5) is 0 Å². The molecular weight excluding hydrogens is 254 g/mol. The number of nitrogens with one attached hydrogen (secondary N) is 1. The molecule has 0 radical (unpaired) electrons. The van der Waals surface area contributed by atoms with Crippen LogP contribution in [-0.2, 0) is 4.79 Å². The van der Waals surface area contributed by atoms with Crippen molar-refractivity contribution in [2.45, 2.75) is 32.5 Å². The van der Waals surface area contributed by atoms with Gasteiger partial charge in [-0.25, -0.2) is 0 Å². The minimum atomic E-state index is -0.600. The number of hydrogen-bond acceptors (Lipinski definition) is 3. The van der Waals surface area contributed by atoms with Gasteiger partial charge in [0.25, 0.3) is 5.91 Å². The molecule has 0 aliphatic heterocycles. The van der Waals surface area contributed by atoms with Gasteiger partial charge in [0.15, 0.2) is 6.10 Å². The number of ether oxygens (including phenoxy) is 1. The summed E-state index contributed by atoms with van der Waals surface area (Å²) in [5.41, 5.74) is 0. The molecule has 1 aromatic carbocycles. The molecule has 2 unspecified atom stereocenters. The lowest BCUT2D eigenvalue weighted by atomic mass is 10.3. The Bertz CT molecular complexity index is 396. The Morgan fingerprint density at radius 3 is 2.83 bits per heavy atom. The Hall–Kier alpha value is -1.26. The summed E-state index contributed by atoms with van der Waals surface area (Å²) in [5, 5.41) is 12.3. The van der Waals surface area contributed by atoms with E-state index in [1.165, 1.54) is 0 Å². The van der Waals surface area contributed by atoms with Gasteiger partial charge in [-0.15, -0.1) is 0 Å². The van der Waals surface area contributed by atoms with Gasteiger partial charge in [0.05, 0.1) is 6.10 Å². The molecule has 0 aliphatic rings. The van der Waals surface area contributed by atoms with Gasteiger partial charge < -0.3 is 15.2 Å². The number of benzene rings is 1. The van der Waals surface area contributed by atoms with Crippen molar-refractivity contribution in [2.75, 3.05) is 6.54 Å². The first-order valence-corrected chi connectivity index (χ1v) is 6.25. The van der Waals surface area contributed by atoms with Crippen LogP contribution in [0.15, 0.2) is 24.3 Å². The molecule has 1 amide bonds. The number of hydrogen-bond donors (Lipinski definition) is 2. The van der Waals surface area contributed by atoms with Gasteiger partial charge in [0.2, 0.25) is 0 Å². The van der Waals surface area contributed by atoms with Crippen molar-refractivity contribution in [3.8, 4) is 5.75 Å². The summed E-state index contributed by atoms with van der Waals surface area (Å²) in [7, 11) is 0. The second-order valence-corrected chi connectivity index (χ2v) is 4.58. The number of rotatable bonds is 6. The normalized spacial score (nSPS) is 13.8. The molecule has 4 nitrogen and oxygen atoms in total. The summed E-state index contributed by atoms with van der Waals surface area (Å²) in [5.74, 6) is 0.344. The van der Waals surface area contributed by atoms with Crippen molar-refractivity contribution in [1.29, 1.82) is 0 Å². The summed E-state index contributed by atoms with van der Waals surface area (Å²) < 4.78 is 5.46. The van der Waals surface area contributed by atoms with E-state index in [1.807, 2.05) is 0 Å². The molecule has 0 bridgehead atoms. The first-order chi connectivity index (χ1) is 8.49. The van der Waals surface area contributed by atoms with Crippen molar-refractivity contribution < 1.29 is 14.6 Å². The third kappa shape index (κ3) is 5.38. The van der Waals surface area contributed by atoms with Crippen LogP contribution >= 0.6 is 11.6 Å². The molecule has 1 rings (SSSR count). The minimum absolute atomic E-state index is 0.212. The fourth-order valence-corrected chi connectivity index (χ4v) is 1.53. The van der Waals surface area contributed by atoms with Gasteiger partial charge in [-0.2, -0.15) is 0 Å². The van der Waals surface area contributed by atoms with Gasteiger partial charge in [-0.3, -0.25) is 4.79 Å². The molecule has 2 N–H and O–H groups in total. The van der Waals surface area contributed by atoms with E-state index < -0.39 is 12.2 Å². The lowest BCUT2D eigenvalue weighted by molar-refractivity contribution is -0.127. The van der Waals surface area contributed by atoms with Gasteiger partial charge >= 0.3 is 0 Å². The molecule has 1 aromatic rings. The summed E-state index contributed by atoms with van der Waals surface area (Å²) >= 11 is 5.82. The van der Waals surface area contributed by atoms with Crippen LogP contribution in [0.25, 0.3) is 0 Å². The van der Waals surface area contributed by atoms with Crippen LogP contribution in [0.3, 0.4) is 0 Å². The molecule has 0 saturated carbocycles. The van der Waals surface area contributed by atoms with Gasteiger partial charge in [0, 0.05) is 11.6 Å². The Morgan fingerprint density at radius 1 is 1.50 bits per heavy atom. The fraction of sp³-hybridized carbons (Fsp3) is 0.462. The average Bonchev–Trinajstić information content (AvgIpc) is 2.28. The Labute approximate surface area is 112 Å². The Balaban J connectivity index is 2.40. The topological polar surface area (TPSA) is 58.6 Å². The van der Waals surface area contributed by atoms with Crippen LogP contribution in [0.1, 0.15) is 20.3 Å². The summed E-state index contributed by atoms with van der Waals surface area (Å²) in [4.78, 5) is 11.7. The summed E-state index contributed by atoms with van der Waals surface area (Å²) in [6.07, 6.45) is -0.498. The number of halogens is 1. The summed E-state index contributed by atoms with van der Waals surface area (Å²) in [6, 6.07) is 6.89. The van der Waals surface area contributed by atoms with Crippen molar-refractivity contribution in [3.05, 3.63) is 29.3 Å². The maximum absolute atomic E-state index is 11.7. The highest BCUT2D eigenvalue weighted by Gasteiger charge is 2.14. The molecule has 0 saturated heterocycles. The van der Waals surface area contributed by atoms with Gasteiger partial charge in [0.1, 0.15) is 5.75 Å². The molecule has 0 heterocycles. The Kier molecular flexibility index (Phi) is 5.95. The maximum Gasteiger partial charge on any atom is 0.260 e. The van der Waals surface area contributed by atoms with E-state index in [4.69, 9.17) is 21.4 Å². The van der Waals surface area contributed by atoms with E-state index in [0.29, 0.717) is 23.7 Å². The molecular formula is C13H18ClNO3. The highest BCUT2D eigenvalue weighted by molar-refractivity contribution is 6.30. The highest BCUT2D eigenvalue weighted by atomic mass is 35.5. The first kappa shape index (κ1) is 14.8. The third-order valence-corrected chi connectivity index (χ3v) is 2.57. The van der Waals surface area contributed by atoms with E-state index in [-0.39, 0.29) is 5.91 Å². The standard InChI is InChI=1S/C13H18ClNO3/c1-9(16)6-7-15-13(17)10(2)18-12-5-3-4-11(14)8-12/h3-5,8-10,16H,6-7H2,1-2H3,(H,15,17). The lowest BCUT2D eigenvalue weighted by Crippen LogP contribution is -2.37. The van der Waals surface area contributed by atoms with Crippen molar-refractivity contribution >= 4 is 17.5 Å². The van der Waals surface area contributed by atoms with Crippen LogP contribution in [-0.4, -0.2) is 29.8 Å². The number of carbonyl (C=O) groups excluding carboxylic acids is 1. The average molecular weight is 272 g/mol. The molecule has 0 aromatic heterocycles. The van der Waals surface area contributed by atoms with Crippen LogP contribution < -0.4 is 10.1 Å². The highest BCUT2D eigenvalue weighted by Crippen LogP contribution is 2.18. The predicted octanol–water partition coefficient (Wildman–Crippen LogP) is 1.99. The van der Waals surface area contributed by atoms with E-state index in [0.717, 1.165) is 0 Å². The predicted molar refractivity (Wildman–Crippen MR) is 70.8 cm³/mol.